The Morgan fingerprint density at radius 1 is 0.971 bits per heavy atom. The smallest absolute Gasteiger partial charge is 0.376 e. The van der Waals surface area contributed by atoms with Gasteiger partial charge in [0.15, 0.2) is 0 Å². The maximum Gasteiger partial charge on any atom is 0.416 e. The Kier molecular flexibility index (Phi) is 7.80. The van der Waals surface area contributed by atoms with Crippen LogP contribution in [0.1, 0.15) is 39.9 Å². The predicted octanol–water partition coefficient (Wildman–Crippen LogP) is 3.43. The van der Waals surface area contributed by atoms with E-state index in [0.717, 1.165) is 41.1 Å². The van der Waals surface area contributed by atoms with Gasteiger partial charge in [0, 0.05) is 30.3 Å². The third kappa shape index (κ3) is 6.49. The lowest BCUT2D eigenvalue weighted by molar-refractivity contribution is -0.137. The van der Waals surface area contributed by atoms with Gasteiger partial charge in [-0.25, -0.2) is 0 Å². The van der Waals surface area contributed by atoms with E-state index in [9.17, 15) is 27.6 Å². The first kappa shape index (κ1) is 25.1. The van der Waals surface area contributed by atoms with E-state index in [0.29, 0.717) is 25.9 Å². The number of hydrogen-bond donors (Lipinski definition) is 3. The zero-order chi connectivity index (χ0) is 24.9. The van der Waals surface area contributed by atoms with Crippen LogP contribution < -0.4 is 16.2 Å². The number of benzene rings is 2. The average molecular weight is 476 g/mol. The third-order valence-electron chi connectivity index (χ3n) is 5.76. The molecule has 0 radical (unpaired) electrons. The number of alkyl halides is 3. The molecule has 1 fully saturated rings. The van der Waals surface area contributed by atoms with E-state index >= 15 is 0 Å². The fourth-order valence-electron chi connectivity index (χ4n) is 3.79. The second kappa shape index (κ2) is 10.6. The average Bonchev–Trinajstić information content (AvgIpc) is 2.81. The fraction of sp³-hybridized carbons (Fsp3) is 0.375. The molecule has 10 heteroatoms. The van der Waals surface area contributed by atoms with Crippen LogP contribution in [0.25, 0.3) is 0 Å². The predicted molar refractivity (Wildman–Crippen MR) is 121 cm³/mol. The van der Waals surface area contributed by atoms with Crippen LogP contribution in [0.4, 0.5) is 18.9 Å². The van der Waals surface area contributed by atoms with Crippen molar-refractivity contribution < 1.29 is 27.6 Å². The number of carbonyl (C=O) groups is 3. The summed E-state index contributed by atoms with van der Waals surface area (Å²) in [4.78, 5) is 38.5. The van der Waals surface area contributed by atoms with Crippen molar-refractivity contribution in [2.45, 2.75) is 32.9 Å². The topological polar surface area (TPSA) is 90.5 Å². The van der Waals surface area contributed by atoms with E-state index in [4.69, 9.17) is 0 Å². The van der Waals surface area contributed by atoms with Crippen LogP contribution in [0, 0.1) is 19.8 Å². The Bertz CT molecular complexity index is 1050. The molecule has 0 atom stereocenters. The van der Waals surface area contributed by atoms with Crippen LogP contribution in [0.2, 0.25) is 0 Å². The van der Waals surface area contributed by atoms with Crippen molar-refractivity contribution in [1.82, 2.24) is 15.8 Å². The fourth-order valence-corrected chi connectivity index (χ4v) is 3.79. The lowest BCUT2D eigenvalue weighted by Crippen LogP contribution is -2.49. The van der Waals surface area contributed by atoms with Gasteiger partial charge in [0.05, 0.1) is 12.1 Å². The minimum atomic E-state index is -4.46. The van der Waals surface area contributed by atoms with Crippen LogP contribution in [0.5, 0.6) is 0 Å². The van der Waals surface area contributed by atoms with Crippen molar-refractivity contribution in [3.63, 3.8) is 0 Å². The van der Waals surface area contributed by atoms with Crippen molar-refractivity contribution in [2.24, 2.45) is 5.92 Å². The third-order valence-corrected chi connectivity index (χ3v) is 5.76. The van der Waals surface area contributed by atoms with Crippen molar-refractivity contribution in [2.75, 3.05) is 25.0 Å². The van der Waals surface area contributed by atoms with Gasteiger partial charge in [-0.1, -0.05) is 17.7 Å². The summed E-state index contributed by atoms with van der Waals surface area (Å²) in [6.45, 7) is 4.49. The molecule has 1 aliphatic rings. The number of hydrazine groups is 1. The monoisotopic (exact) mass is 476 g/mol. The quantitative estimate of drug-likeness (QED) is 0.577. The van der Waals surface area contributed by atoms with Crippen molar-refractivity contribution >= 4 is 23.4 Å². The minimum Gasteiger partial charge on any atom is -0.376 e. The highest BCUT2D eigenvalue weighted by Crippen LogP contribution is 2.29. The molecule has 3 N–H and O–H groups in total. The van der Waals surface area contributed by atoms with E-state index in [2.05, 4.69) is 16.2 Å². The molecule has 1 aliphatic heterocycles. The Hall–Kier alpha value is -3.56. The summed E-state index contributed by atoms with van der Waals surface area (Å²) < 4.78 is 38.1. The molecule has 0 aromatic heterocycles. The molecular formula is C24H27F3N4O3. The van der Waals surface area contributed by atoms with Crippen molar-refractivity contribution in [3.05, 3.63) is 64.7 Å². The molecule has 34 heavy (non-hydrogen) atoms. The number of likely N-dealkylation sites (tertiary alicyclic amines) is 1. The molecule has 2 aromatic carbocycles. The van der Waals surface area contributed by atoms with Crippen LogP contribution >= 0.6 is 0 Å². The van der Waals surface area contributed by atoms with Crippen LogP contribution in [-0.4, -0.2) is 42.3 Å². The summed E-state index contributed by atoms with van der Waals surface area (Å²) in [7, 11) is 0. The van der Waals surface area contributed by atoms with E-state index < -0.39 is 17.6 Å². The molecule has 0 spiro atoms. The molecule has 3 rings (SSSR count). The number of nitrogens with zero attached hydrogens (tertiary/aromatic N) is 1. The molecule has 0 saturated carbocycles. The van der Waals surface area contributed by atoms with Gasteiger partial charge in [-0.15, -0.1) is 0 Å². The number of rotatable bonds is 5. The minimum absolute atomic E-state index is 0.00967. The number of halogens is 3. The number of hydrogen-bond acceptors (Lipinski definition) is 4. The highest BCUT2D eigenvalue weighted by Gasteiger charge is 2.31. The second-order valence-corrected chi connectivity index (χ2v) is 8.35. The number of aryl methyl sites for hydroxylation is 2. The van der Waals surface area contributed by atoms with Gasteiger partial charge >= 0.3 is 6.18 Å². The van der Waals surface area contributed by atoms with Crippen LogP contribution in [0.15, 0.2) is 42.5 Å². The molecule has 0 aliphatic carbocycles. The number of anilines is 1. The molecule has 1 heterocycles. The Morgan fingerprint density at radius 2 is 1.62 bits per heavy atom. The summed E-state index contributed by atoms with van der Waals surface area (Å²) in [5.74, 6) is -1.51. The van der Waals surface area contributed by atoms with E-state index in [1.807, 2.05) is 32.0 Å². The van der Waals surface area contributed by atoms with E-state index in [-0.39, 0.29) is 29.8 Å². The van der Waals surface area contributed by atoms with Crippen LogP contribution in [0.3, 0.4) is 0 Å². The van der Waals surface area contributed by atoms with Gasteiger partial charge in [-0.2, -0.15) is 13.2 Å². The molecule has 7 nitrogen and oxygen atoms in total. The molecule has 2 aromatic rings. The first-order valence-corrected chi connectivity index (χ1v) is 10.9. The van der Waals surface area contributed by atoms with Crippen molar-refractivity contribution in [3.8, 4) is 0 Å². The lowest BCUT2D eigenvalue weighted by atomic mass is 9.95. The molecule has 3 amide bonds. The largest absolute Gasteiger partial charge is 0.416 e. The molecule has 0 unspecified atom stereocenters. The number of nitrogens with one attached hydrogen (secondary N) is 3. The van der Waals surface area contributed by atoms with Crippen molar-refractivity contribution in [1.29, 1.82) is 0 Å². The standard InChI is InChI=1S/C24H27F3N4O3/c1-15-3-8-20(16(2)13-15)28-14-21(32)29-30-22(33)17-9-11-31(12-10-17)23(34)18-4-6-19(7-5-18)24(25,26)27/h3-8,13,17,28H,9-12,14H2,1-2H3,(H,29,32)(H,30,33). The van der Waals surface area contributed by atoms with Gasteiger partial charge in [0.25, 0.3) is 11.8 Å². The van der Waals surface area contributed by atoms with E-state index in [1.54, 1.807) is 0 Å². The van der Waals surface area contributed by atoms with Gasteiger partial charge in [0.2, 0.25) is 5.91 Å². The molecular weight excluding hydrogens is 449 g/mol. The number of piperidine rings is 1. The summed E-state index contributed by atoms with van der Waals surface area (Å²) in [6.07, 6.45) is -3.69. The highest BCUT2D eigenvalue weighted by molar-refractivity contribution is 5.94. The maximum absolute atomic E-state index is 12.7. The van der Waals surface area contributed by atoms with Gasteiger partial charge in [0.1, 0.15) is 0 Å². The van der Waals surface area contributed by atoms with Gasteiger partial charge < -0.3 is 10.2 Å². The zero-order valence-corrected chi connectivity index (χ0v) is 19.0. The number of amides is 3. The molecule has 0 bridgehead atoms. The molecule has 182 valence electrons. The highest BCUT2D eigenvalue weighted by atomic mass is 19.4. The number of carbonyl (C=O) groups excluding carboxylic acids is 3. The Balaban J connectivity index is 1.41. The molecule has 1 saturated heterocycles. The Morgan fingerprint density at radius 3 is 2.21 bits per heavy atom. The zero-order valence-electron chi connectivity index (χ0n) is 19.0. The maximum atomic E-state index is 12.7. The normalized spacial score (nSPS) is 14.4. The second-order valence-electron chi connectivity index (χ2n) is 8.35. The van der Waals surface area contributed by atoms with Gasteiger partial charge in [-0.3, -0.25) is 25.2 Å². The first-order valence-electron chi connectivity index (χ1n) is 10.9. The van der Waals surface area contributed by atoms with Crippen LogP contribution in [-0.2, 0) is 15.8 Å². The Labute approximate surface area is 195 Å². The first-order chi connectivity index (χ1) is 16.0. The summed E-state index contributed by atoms with van der Waals surface area (Å²) >= 11 is 0. The van der Waals surface area contributed by atoms with Gasteiger partial charge in [-0.05, 0) is 62.6 Å². The summed E-state index contributed by atoms with van der Waals surface area (Å²) in [5.41, 5.74) is 7.11. The SMILES string of the molecule is Cc1ccc(NCC(=O)NNC(=O)C2CCN(C(=O)c3ccc(C(F)(F)F)cc3)CC2)c(C)c1. The summed E-state index contributed by atoms with van der Waals surface area (Å²) in [6, 6.07) is 9.89. The van der Waals surface area contributed by atoms with E-state index in [1.165, 1.54) is 4.90 Å². The summed E-state index contributed by atoms with van der Waals surface area (Å²) in [5, 5.41) is 3.02. The lowest BCUT2D eigenvalue weighted by Gasteiger charge is -2.31.